The first-order valence-electron chi connectivity index (χ1n) is 5.74. The molecule has 1 heterocycles. The van der Waals surface area contributed by atoms with Crippen molar-refractivity contribution in [1.29, 1.82) is 0 Å². The molecule has 1 aliphatic rings. The molecule has 0 aromatic carbocycles. The lowest BCUT2D eigenvalue weighted by molar-refractivity contribution is -0.138. The molecule has 7 nitrogen and oxygen atoms in total. The van der Waals surface area contributed by atoms with Crippen molar-refractivity contribution in [3.8, 4) is 0 Å². The molecular formula is C11H16N4O3. The predicted octanol–water partition coefficient (Wildman–Crippen LogP) is 0.103. The number of nitrogens with two attached hydrogens (primary N) is 1. The van der Waals surface area contributed by atoms with Crippen LogP contribution in [-0.2, 0) is 11.8 Å². The van der Waals surface area contributed by atoms with Gasteiger partial charge in [-0.15, -0.1) is 0 Å². The highest BCUT2D eigenvalue weighted by Crippen LogP contribution is 2.35. The number of hydrogen-bond acceptors (Lipinski definition) is 4. The van der Waals surface area contributed by atoms with E-state index in [9.17, 15) is 9.59 Å². The minimum Gasteiger partial charge on any atom is -0.480 e. The Labute approximate surface area is 104 Å². The van der Waals surface area contributed by atoms with Gasteiger partial charge in [-0.3, -0.25) is 9.48 Å². The lowest BCUT2D eigenvalue weighted by Gasteiger charge is -2.15. The van der Waals surface area contributed by atoms with Crippen LogP contribution in [0, 0.1) is 12.8 Å². The summed E-state index contributed by atoms with van der Waals surface area (Å²) in [5.41, 5.74) is 6.04. The van der Waals surface area contributed by atoms with Crippen LogP contribution in [0.2, 0.25) is 0 Å². The van der Waals surface area contributed by atoms with Gasteiger partial charge < -0.3 is 16.2 Å². The third kappa shape index (κ3) is 2.15. The number of hydrogen-bond donors (Lipinski definition) is 3. The fourth-order valence-corrected chi connectivity index (χ4v) is 2.08. The first kappa shape index (κ1) is 12.4. The maximum absolute atomic E-state index is 11.4. The Morgan fingerprint density at radius 2 is 2.17 bits per heavy atom. The fourth-order valence-electron chi connectivity index (χ4n) is 2.08. The van der Waals surface area contributed by atoms with Crippen molar-refractivity contribution in [3.05, 3.63) is 11.3 Å². The van der Waals surface area contributed by atoms with E-state index in [0.717, 1.165) is 12.8 Å². The molecule has 1 aromatic heterocycles. The molecule has 0 spiro atoms. The van der Waals surface area contributed by atoms with Gasteiger partial charge in [0.25, 0.3) is 5.91 Å². The molecule has 98 valence electrons. The predicted molar refractivity (Wildman–Crippen MR) is 64.2 cm³/mol. The van der Waals surface area contributed by atoms with Gasteiger partial charge in [0, 0.05) is 7.05 Å². The van der Waals surface area contributed by atoms with Crippen LogP contribution in [0.25, 0.3) is 0 Å². The number of aryl methyl sites for hydroxylation is 2. The summed E-state index contributed by atoms with van der Waals surface area (Å²) < 4.78 is 1.45. The molecule has 0 radical (unpaired) electrons. The van der Waals surface area contributed by atoms with E-state index in [2.05, 4.69) is 10.4 Å². The summed E-state index contributed by atoms with van der Waals surface area (Å²) in [7, 11) is 1.65. The van der Waals surface area contributed by atoms with Crippen LogP contribution in [0.3, 0.4) is 0 Å². The van der Waals surface area contributed by atoms with Crippen molar-refractivity contribution < 1.29 is 14.7 Å². The average Bonchev–Trinajstić information content (AvgIpc) is 3.01. The number of anilines is 1. The Bertz CT molecular complexity index is 505. The second-order valence-corrected chi connectivity index (χ2v) is 4.59. The summed E-state index contributed by atoms with van der Waals surface area (Å²) in [4.78, 5) is 22.6. The van der Waals surface area contributed by atoms with Gasteiger partial charge in [0.15, 0.2) is 0 Å². The highest BCUT2D eigenvalue weighted by molar-refractivity contribution is 5.99. The van der Waals surface area contributed by atoms with Gasteiger partial charge in [0.2, 0.25) is 0 Å². The highest BCUT2D eigenvalue weighted by Gasteiger charge is 2.37. The lowest BCUT2D eigenvalue weighted by atomic mass is 10.1. The summed E-state index contributed by atoms with van der Waals surface area (Å²) in [6.45, 7) is 1.66. The normalized spacial score (nSPS) is 16.3. The SMILES string of the molecule is Cc1nn(C)c(NC(C(=O)O)C2CC2)c1C(N)=O. The largest absolute Gasteiger partial charge is 0.480 e. The van der Waals surface area contributed by atoms with Gasteiger partial charge >= 0.3 is 5.97 Å². The van der Waals surface area contributed by atoms with Gasteiger partial charge in [0.05, 0.1) is 5.69 Å². The summed E-state index contributed by atoms with van der Waals surface area (Å²) in [5, 5.41) is 16.1. The molecule has 1 atom stereocenters. The Morgan fingerprint density at radius 1 is 1.56 bits per heavy atom. The van der Waals surface area contributed by atoms with E-state index < -0.39 is 17.9 Å². The first-order valence-corrected chi connectivity index (χ1v) is 5.74. The van der Waals surface area contributed by atoms with Gasteiger partial charge in [-0.25, -0.2) is 4.79 Å². The van der Waals surface area contributed by atoms with E-state index in [1.807, 2.05) is 0 Å². The molecule has 1 unspecified atom stereocenters. The Morgan fingerprint density at radius 3 is 2.61 bits per heavy atom. The monoisotopic (exact) mass is 252 g/mol. The van der Waals surface area contributed by atoms with Crippen molar-refractivity contribution in [2.24, 2.45) is 18.7 Å². The molecule has 0 aliphatic heterocycles. The van der Waals surface area contributed by atoms with E-state index in [1.165, 1.54) is 4.68 Å². The Balaban J connectivity index is 2.32. The molecular weight excluding hydrogens is 236 g/mol. The maximum atomic E-state index is 11.4. The van der Waals surface area contributed by atoms with Crippen LogP contribution < -0.4 is 11.1 Å². The van der Waals surface area contributed by atoms with Crippen molar-refractivity contribution in [2.75, 3.05) is 5.32 Å². The van der Waals surface area contributed by atoms with Gasteiger partial charge in [-0.05, 0) is 25.7 Å². The van der Waals surface area contributed by atoms with E-state index >= 15 is 0 Å². The summed E-state index contributed by atoms with van der Waals surface area (Å²) >= 11 is 0. The standard InChI is InChI=1S/C11H16N4O3/c1-5-7(9(12)16)10(15(2)14-5)13-8(11(17)18)6-3-4-6/h6,8,13H,3-4H2,1-2H3,(H2,12,16)(H,17,18). The third-order valence-corrected chi connectivity index (χ3v) is 3.12. The zero-order chi connectivity index (χ0) is 13.4. The Kier molecular flexibility index (Phi) is 2.98. The maximum Gasteiger partial charge on any atom is 0.326 e. The fraction of sp³-hybridized carbons (Fsp3) is 0.545. The van der Waals surface area contributed by atoms with Gasteiger partial charge in [-0.2, -0.15) is 5.10 Å². The topological polar surface area (TPSA) is 110 Å². The number of rotatable bonds is 5. The van der Waals surface area contributed by atoms with Crippen LogP contribution in [0.1, 0.15) is 28.9 Å². The second-order valence-electron chi connectivity index (χ2n) is 4.59. The van der Waals surface area contributed by atoms with Crippen LogP contribution in [0.5, 0.6) is 0 Å². The molecule has 0 saturated heterocycles. The zero-order valence-corrected chi connectivity index (χ0v) is 10.3. The molecule has 18 heavy (non-hydrogen) atoms. The summed E-state index contributed by atoms with van der Waals surface area (Å²) in [5.74, 6) is -1.05. The molecule has 2 rings (SSSR count). The molecule has 0 bridgehead atoms. The second kappa shape index (κ2) is 4.32. The smallest absolute Gasteiger partial charge is 0.326 e. The third-order valence-electron chi connectivity index (χ3n) is 3.12. The Hall–Kier alpha value is -2.05. The molecule has 1 saturated carbocycles. The number of nitrogens with zero attached hydrogens (tertiary/aromatic N) is 2. The number of carboxylic acids is 1. The quantitative estimate of drug-likeness (QED) is 0.688. The lowest BCUT2D eigenvalue weighted by Crippen LogP contribution is -2.33. The van der Waals surface area contributed by atoms with Crippen LogP contribution in [0.15, 0.2) is 0 Å². The van der Waals surface area contributed by atoms with Crippen molar-refractivity contribution >= 4 is 17.7 Å². The van der Waals surface area contributed by atoms with Crippen molar-refractivity contribution in [2.45, 2.75) is 25.8 Å². The zero-order valence-electron chi connectivity index (χ0n) is 10.3. The molecule has 1 amide bonds. The average molecular weight is 252 g/mol. The highest BCUT2D eigenvalue weighted by atomic mass is 16.4. The van der Waals surface area contributed by atoms with Crippen molar-refractivity contribution in [1.82, 2.24) is 9.78 Å². The number of primary amides is 1. The summed E-state index contributed by atoms with van der Waals surface area (Å²) in [6, 6.07) is -0.696. The number of nitrogens with one attached hydrogen (secondary N) is 1. The van der Waals surface area contributed by atoms with E-state index in [0.29, 0.717) is 11.5 Å². The number of carbonyl (C=O) groups excluding carboxylic acids is 1. The van der Waals surface area contributed by atoms with Crippen molar-refractivity contribution in [3.63, 3.8) is 0 Å². The van der Waals surface area contributed by atoms with Crippen LogP contribution in [0.4, 0.5) is 5.82 Å². The summed E-state index contributed by atoms with van der Waals surface area (Å²) in [6.07, 6.45) is 1.76. The van der Waals surface area contributed by atoms with E-state index in [4.69, 9.17) is 10.8 Å². The molecule has 4 N–H and O–H groups in total. The number of carboxylic acid groups (broad SMARTS) is 1. The van der Waals surface area contributed by atoms with Crippen LogP contribution in [-0.4, -0.2) is 32.8 Å². The number of aliphatic carboxylic acids is 1. The number of carbonyl (C=O) groups is 2. The minimum atomic E-state index is -0.924. The van der Waals surface area contributed by atoms with Gasteiger partial charge in [-0.1, -0.05) is 0 Å². The van der Waals surface area contributed by atoms with E-state index in [1.54, 1.807) is 14.0 Å². The number of amides is 1. The molecule has 1 aliphatic carbocycles. The minimum absolute atomic E-state index is 0.110. The first-order chi connectivity index (χ1) is 8.41. The van der Waals surface area contributed by atoms with Crippen LogP contribution >= 0.6 is 0 Å². The molecule has 1 fully saturated rings. The molecule has 7 heteroatoms. The molecule has 1 aromatic rings. The number of aromatic nitrogens is 2. The van der Waals surface area contributed by atoms with Gasteiger partial charge in [0.1, 0.15) is 17.4 Å². The van der Waals surface area contributed by atoms with E-state index in [-0.39, 0.29) is 11.5 Å².